The van der Waals surface area contributed by atoms with Gasteiger partial charge < -0.3 is 14.5 Å². The number of carbonyl (C=O) groups excluding carboxylic acids is 1. The largest absolute Gasteiger partial charge is 0.421 e. The lowest BCUT2D eigenvalue weighted by molar-refractivity contribution is -0.139. The summed E-state index contributed by atoms with van der Waals surface area (Å²) in [6.07, 6.45) is -10.9. The Kier molecular flexibility index (Phi) is 7.33. The minimum atomic E-state index is -5.02. The van der Waals surface area contributed by atoms with Crippen LogP contribution in [0.15, 0.2) is 23.3 Å². The number of halogens is 6. The zero-order chi connectivity index (χ0) is 37.6. The van der Waals surface area contributed by atoms with Crippen LogP contribution in [0.4, 0.5) is 32.3 Å². The fourth-order valence-corrected chi connectivity index (χ4v) is 4.05. The van der Waals surface area contributed by atoms with Crippen molar-refractivity contribution in [2.45, 2.75) is 70.5 Å². The van der Waals surface area contributed by atoms with Gasteiger partial charge in [0.15, 0.2) is 0 Å². The van der Waals surface area contributed by atoms with Crippen molar-refractivity contribution in [3.05, 3.63) is 45.6 Å². The second-order valence-electron chi connectivity index (χ2n) is 10.2. The molecule has 0 bridgehead atoms. The third-order valence-corrected chi connectivity index (χ3v) is 7.28. The van der Waals surface area contributed by atoms with E-state index in [1.54, 1.807) is 0 Å². The number of hydrogen-bond donors (Lipinski definition) is 0. The highest BCUT2D eigenvalue weighted by Gasteiger charge is 2.35. The maximum Gasteiger partial charge on any atom is 0.421 e. The Hall–Kier alpha value is -3.01. The predicted octanol–water partition coefficient (Wildman–Crippen LogP) is 4.44. The first-order valence-electron chi connectivity index (χ1n) is 16.4. The van der Waals surface area contributed by atoms with Gasteiger partial charge in [-0.25, -0.2) is 14.6 Å². The number of unbranched alkanes of at least 4 members (excludes halogenated alkanes) is 1. The van der Waals surface area contributed by atoms with Crippen LogP contribution in [-0.2, 0) is 35.0 Å². The SMILES string of the molecule is [2H]C1([2H])N(C(=O)CCCCc2cc(C(F)(F)F)c(=O)n(COCC[Si](C)(C)C)n2)C([2H])([2H])C([2H])([2H])N(c2ncc(C(F)(F)F)cn2)C1([2H])[2H]. The normalized spacial score (nSPS) is 22.8. The number of aryl methyl sites for hydroxylation is 1. The molecule has 16 heteroatoms. The molecule has 0 aliphatic carbocycles. The van der Waals surface area contributed by atoms with Crippen LogP contribution in [0.5, 0.6) is 0 Å². The van der Waals surface area contributed by atoms with Crippen molar-refractivity contribution in [2.24, 2.45) is 0 Å². The van der Waals surface area contributed by atoms with Gasteiger partial charge in [-0.05, 0) is 31.4 Å². The number of ether oxygens (including phenoxy) is 1. The van der Waals surface area contributed by atoms with E-state index in [1.807, 2.05) is 0 Å². The molecule has 0 atom stereocenters. The smallest absolute Gasteiger partial charge is 0.359 e. The molecule has 228 valence electrons. The summed E-state index contributed by atoms with van der Waals surface area (Å²) < 4.78 is 153. The average molecular weight is 617 g/mol. The van der Waals surface area contributed by atoms with Crippen LogP contribution in [-0.4, -0.2) is 71.2 Å². The van der Waals surface area contributed by atoms with E-state index in [-0.39, 0.29) is 53.8 Å². The molecule has 0 saturated carbocycles. The minimum absolute atomic E-state index is 0.101. The summed E-state index contributed by atoms with van der Waals surface area (Å²) in [5.74, 6) is -2.54. The maximum atomic E-state index is 13.6. The zero-order valence-corrected chi connectivity index (χ0v) is 23.4. The van der Waals surface area contributed by atoms with Gasteiger partial charge in [-0.3, -0.25) is 9.59 Å². The molecule has 0 radical (unpaired) electrons. The summed E-state index contributed by atoms with van der Waals surface area (Å²) in [5.41, 5.74) is -4.51. The summed E-state index contributed by atoms with van der Waals surface area (Å²) in [6, 6.07) is 1.23. The number of amides is 1. The Morgan fingerprint density at radius 2 is 1.66 bits per heavy atom. The molecule has 3 rings (SSSR count). The summed E-state index contributed by atoms with van der Waals surface area (Å²) in [5, 5.41) is 3.92. The molecule has 2 aromatic rings. The van der Waals surface area contributed by atoms with Crippen LogP contribution >= 0.6 is 0 Å². The molecule has 1 aliphatic rings. The highest BCUT2D eigenvalue weighted by Crippen LogP contribution is 2.29. The first kappa shape index (κ1) is 22.6. The Labute approximate surface area is 245 Å². The zero-order valence-electron chi connectivity index (χ0n) is 30.4. The van der Waals surface area contributed by atoms with E-state index in [4.69, 9.17) is 15.7 Å². The molecule has 0 unspecified atom stereocenters. The summed E-state index contributed by atoms with van der Waals surface area (Å²) in [4.78, 5) is 31.7. The molecule has 41 heavy (non-hydrogen) atoms. The fourth-order valence-electron chi connectivity index (χ4n) is 3.30. The summed E-state index contributed by atoms with van der Waals surface area (Å²) in [7, 11) is -1.54. The van der Waals surface area contributed by atoms with Crippen LogP contribution in [0.25, 0.3) is 0 Å². The molecule has 1 aliphatic heterocycles. The van der Waals surface area contributed by atoms with Crippen LogP contribution in [0, 0.1) is 0 Å². The summed E-state index contributed by atoms with van der Waals surface area (Å²) in [6.45, 7) is -8.82. The number of aromatic nitrogens is 4. The number of piperazine rings is 1. The van der Waals surface area contributed by atoms with Crippen LogP contribution < -0.4 is 10.5 Å². The van der Waals surface area contributed by atoms with Gasteiger partial charge in [0.25, 0.3) is 5.56 Å². The van der Waals surface area contributed by atoms with Crippen molar-refractivity contribution < 1.29 is 46.8 Å². The Balaban J connectivity index is 1.80. The molecule has 0 N–H and O–H groups in total. The lowest BCUT2D eigenvalue weighted by Gasteiger charge is -2.34. The van der Waals surface area contributed by atoms with Gasteiger partial charge >= 0.3 is 12.4 Å². The predicted molar refractivity (Wildman–Crippen MR) is 141 cm³/mol. The molecular formula is C25H34F6N6O3Si. The van der Waals surface area contributed by atoms with Crippen LogP contribution in [0.2, 0.25) is 25.7 Å². The highest BCUT2D eigenvalue weighted by atomic mass is 28.3. The van der Waals surface area contributed by atoms with Crippen LogP contribution in [0.3, 0.4) is 0 Å². The number of carbonyl (C=O) groups is 1. The molecule has 1 saturated heterocycles. The molecule has 0 aromatic carbocycles. The van der Waals surface area contributed by atoms with E-state index in [9.17, 15) is 35.9 Å². The van der Waals surface area contributed by atoms with Crippen molar-refractivity contribution in [1.82, 2.24) is 24.6 Å². The Morgan fingerprint density at radius 3 is 2.22 bits per heavy atom. The molecule has 9 nitrogen and oxygen atoms in total. The third-order valence-electron chi connectivity index (χ3n) is 5.58. The molecule has 1 fully saturated rings. The van der Waals surface area contributed by atoms with Gasteiger partial charge in [0.05, 0.1) is 22.2 Å². The van der Waals surface area contributed by atoms with Crippen LogP contribution in [0.1, 0.15) is 47.0 Å². The number of alkyl halides is 6. The van der Waals surface area contributed by atoms with Gasteiger partial charge in [0.2, 0.25) is 11.9 Å². The van der Waals surface area contributed by atoms with Gasteiger partial charge in [0.1, 0.15) is 12.3 Å². The van der Waals surface area contributed by atoms with E-state index >= 15 is 0 Å². The van der Waals surface area contributed by atoms with E-state index in [0.717, 1.165) is 0 Å². The first-order chi connectivity index (χ1) is 22.1. The van der Waals surface area contributed by atoms with Crippen molar-refractivity contribution >= 4 is 19.9 Å². The first-order valence-corrected chi connectivity index (χ1v) is 16.1. The lowest BCUT2D eigenvalue weighted by Crippen LogP contribution is -2.49. The average Bonchev–Trinajstić information content (AvgIpc) is 2.92. The van der Waals surface area contributed by atoms with Crippen molar-refractivity contribution in [3.8, 4) is 0 Å². The van der Waals surface area contributed by atoms with Crippen molar-refractivity contribution in [2.75, 3.05) is 37.5 Å². The fraction of sp³-hybridized carbons (Fsp3) is 0.640. The van der Waals surface area contributed by atoms with Crippen molar-refractivity contribution in [3.63, 3.8) is 0 Å². The lowest BCUT2D eigenvalue weighted by atomic mass is 10.1. The van der Waals surface area contributed by atoms with E-state index in [1.165, 1.54) is 0 Å². The second kappa shape index (κ2) is 13.3. The van der Waals surface area contributed by atoms with Crippen molar-refractivity contribution in [1.29, 1.82) is 0 Å². The van der Waals surface area contributed by atoms with Gasteiger partial charge in [-0.1, -0.05) is 19.6 Å². The molecule has 1 amide bonds. The number of anilines is 1. The summed E-state index contributed by atoms with van der Waals surface area (Å²) >= 11 is 0. The number of hydrogen-bond acceptors (Lipinski definition) is 7. The maximum absolute atomic E-state index is 13.6. The third kappa shape index (κ3) is 9.80. The molecule has 2 aromatic heterocycles. The Bertz CT molecular complexity index is 1540. The van der Waals surface area contributed by atoms with E-state index < -0.39 is 88.1 Å². The molecular weight excluding hydrogens is 574 g/mol. The second-order valence-corrected chi connectivity index (χ2v) is 15.8. The van der Waals surface area contributed by atoms with E-state index in [2.05, 4.69) is 34.7 Å². The number of nitrogens with zero attached hydrogens (tertiary/aromatic N) is 6. The number of rotatable bonds is 11. The quantitative estimate of drug-likeness (QED) is 0.209. The Morgan fingerprint density at radius 1 is 1.02 bits per heavy atom. The highest BCUT2D eigenvalue weighted by molar-refractivity contribution is 6.76. The van der Waals surface area contributed by atoms with Gasteiger partial charge in [-0.15, -0.1) is 0 Å². The van der Waals surface area contributed by atoms with Gasteiger partial charge in [-0.2, -0.15) is 31.4 Å². The van der Waals surface area contributed by atoms with Gasteiger partial charge in [0, 0.05) is 59.5 Å². The standard InChI is InChI=1S/C25H34F6N6O3Si/c1-41(2,3)13-12-40-17-37-22(39)20(25(29,30)31)14-19(34-37)6-4-5-7-21(38)35-8-10-36(11-9-35)23-32-15-18(16-33-23)24(26,27)28/h14-16H,4-13,17H2,1-3H3/i8D2,9D2,10D2,11D2. The van der Waals surface area contributed by atoms with E-state index in [0.29, 0.717) is 16.8 Å². The topological polar surface area (TPSA) is 93.5 Å². The molecule has 3 heterocycles. The molecule has 0 spiro atoms. The monoisotopic (exact) mass is 616 g/mol. The minimum Gasteiger partial charge on any atom is -0.359 e.